The molecule has 0 radical (unpaired) electrons. The summed E-state index contributed by atoms with van der Waals surface area (Å²) < 4.78 is 22.6. The van der Waals surface area contributed by atoms with Gasteiger partial charge in [-0.25, -0.2) is 13.6 Å². The number of nitrogens with one attached hydrogen (secondary N) is 1. The number of sulfonamides is 1. The molecule has 6 nitrogen and oxygen atoms in total. The molecule has 1 saturated heterocycles. The minimum absolute atomic E-state index is 0.0867. The summed E-state index contributed by atoms with van der Waals surface area (Å²) in [7, 11) is -3.68. The average molecular weight is 405 g/mol. The van der Waals surface area contributed by atoms with E-state index in [1.807, 2.05) is 0 Å². The van der Waals surface area contributed by atoms with Crippen LogP contribution in [0.2, 0.25) is 0 Å². The smallest absolute Gasteiger partial charge is 0.238 e. The van der Waals surface area contributed by atoms with E-state index in [2.05, 4.69) is 46.3 Å². The topological polar surface area (TPSA) is 78.7 Å². The van der Waals surface area contributed by atoms with Gasteiger partial charge in [-0.05, 0) is 49.0 Å². The van der Waals surface area contributed by atoms with Gasteiger partial charge in [0.2, 0.25) is 10.0 Å². The number of piperazine rings is 1. The number of nitrogens with zero attached hydrogens (tertiary/aromatic N) is 2. The second-order valence-corrected chi connectivity index (χ2v) is 8.70. The minimum atomic E-state index is -3.68. The third-order valence-electron chi connectivity index (χ3n) is 4.62. The van der Waals surface area contributed by atoms with E-state index in [-0.39, 0.29) is 4.90 Å². The highest BCUT2D eigenvalue weighted by atomic mass is 32.2. The van der Waals surface area contributed by atoms with Gasteiger partial charge in [0.25, 0.3) is 0 Å². The molecule has 1 fully saturated rings. The molecule has 8 heteroatoms. The lowest BCUT2D eigenvalue weighted by Crippen LogP contribution is -2.49. The van der Waals surface area contributed by atoms with Crippen molar-refractivity contribution in [3.63, 3.8) is 0 Å². The van der Waals surface area contributed by atoms with Crippen LogP contribution in [0.5, 0.6) is 0 Å². The van der Waals surface area contributed by atoms with Crippen molar-refractivity contribution >= 4 is 33.0 Å². The Kier molecular flexibility index (Phi) is 6.11. The highest BCUT2D eigenvalue weighted by Gasteiger charge is 2.19. The van der Waals surface area contributed by atoms with Crippen molar-refractivity contribution < 1.29 is 8.42 Å². The SMILES string of the molecule is Cc1ccc(CN2CCN(C(=S)Nc3ccc(S(N)(=O)=O)cc3)CC2)cc1. The number of thiocarbonyl (C=S) groups is 1. The first-order chi connectivity index (χ1) is 12.8. The summed E-state index contributed by atoms with van der Waals surface area (Å²) in [5, 5.41) is 8.92. The fourth-order valence-electron chi connectivity index (χ4n) is 2.99. The van der Waals surface area contributed by atoms with Crippen molar-refractivity contribution in [3.05, 3.63) is 59.7 Å². The summed E-state index contributed by atoms with van der Waals surface area (Å²) in [6.45, 7) is 6.64. The molecule has 0 spiro atoms. The zero-order chi connectivity index (χ0) is 19.4. The van der Waals surface area contributed by atoms with Gasteiger partial charge in [0.1, 0.15) is 0 Å². The number of aryl methyl sites for hydroxylation is 1. The molecule has 0 unspecified atom stereocenters. The maximum absolute atomic E-state index is 11.3. The Labute approximate surface area is 166 Å². The molecule has 2 aromatic carbocycles. The molecule has 27 heavy (non-hydrogen) atoms. The van der Waals surface area contributed by atoms with Crippen LogP contribution in [0.25, 0.3) is 0 Å². The van der Waals surface area contributed by atoms with E-state index in [1.165, 1.54) is 23.3 Å². The zero-order valence-corrected chi connectivity index (χ0v) is 16.9. The number of benzene rings is 2. The minimum Gasteiger partial charge on any atom is -0.346 e. The third-order valence-corrected chi connectivity index (χ3v) is 5.91. The number of primary sulfonamides is 1. The first-order valence-electron chi connectivity index (χ1n) is 8.78. The molecule has 2 aromatic rings. The van der Waals surface area contributed by atoms with Gasteiger partial charge in [0, 0.05) is 38.4 Å². The zero-order valence-electron chi connectivity index (χ0n) is 15.3. The van der Waals surface area contributed by atoms with Gasteiger partial charge in [0.15, 0.2) is 5.11 Å². The molecule has 0 saturated carbocycles. The molecule has 1 aliphatic heterocycles. The highest BCUT2D eigenvalue weighted by Crippen LogP contribution is 2.15. The summed E-state index contributed by atoms with van der Waals surface area (Å²) in [5.74, 6) is 0. The lowest BCUT2D eigenvalue weighted by molar-refractivity contribution is 0.177. The van der Waals surface area contributed by atoms with Crippen molar-refractivity contribution in [2.75, 3.05) is 31.5 Å². The van der Waals surface area contributed by atoms with Crippen LogP contribution in [-0.4, -0.2) is 49.5 Å². The number of hydrogen-bond acceptors (Lipinski definition) is 4. The molecule has 3 N–H and O–H groups in total. The lowest BCUT2D eigenvalue weighted by atomic mass is 10.1. The van der Waals surface area contributed by atoms with Crippen molar-refractivity contribution in [2.24, 2.45) is 5.14 Å². The second-order valence-electron chi connectivity index (χ2n) is 6.75. The van der Waals surface area contributed by atoms with Crippen LogP contribution in [0.1, 0.15) is 11.1 Å². The molecule has 0 atom stereocenters. The van der Waals surface area contributed by atoms with Crippen molar-refractivity contribution in [1.82, 2.24) is 9.80 Å². The predicted octanol–water partition coefficient (Wildman–Crippen LogP) is 2.16. The summed E-state index contributed by atoms with van der Waals surface area (Å²) >= 11 is 5.50. The molecule has 1 aliphatic rings. The third kappa shape index (κ3) is 5.49. The van der Waals surface area contributed by atoms with Gasteiger partial charge in [-0.1, -0.05) is 29.8 Å². The van der Waals surface area contributed by atoms with Gasteiger partial charge >= 0.3 is 0 Å². The molecule has 0 aliphatic carbocycles. The number of hydrogen-bond donors (Lipinski definition) is 2. The number of anilines is 1. The number of nitrogens with two attached hydrogens (primary N) is 1. The Morgan fingerprint density at radius 3 is 2.19 bits per heavy atom. The van der Waals surface area contributed by atoms with Gasteiger partial charge < -0.3 is 10.2 Å². The molecule has 144 valence electrons. The van der Waals surface area contributed by atoms with E-state index in [0.717, 1.165) is 38.4 Å². The molecule has 0 amide bonds. The van der Waals surface area contributed by atoms with Crippen LogP contribution >= 0.6 is 12.2 Å². The first-order valence-corrected chi connectivity index (χ1v) is 10.7. The van der Waals surface area contributed by atoms with Crippen LogP contribution in [0.3, 0.4) is 0 Å². The molecule has 3 rings (SSSR count). The number of rotatable bonds is 4. The van der Waals surface area contributed by atoms with Gasteiger partial charge in [-0.15, -0.1) is 0 Å². The second kappa shape index (κ2) is 8.35. The molecular weight excluding hydrogens is 380 g/mol. The lowest BCUT2D eigenvalue weighted by Gasteiger charge is -2.36. The summed E-state index contributed by atoms with van der Waals surface area (Å²) in [5.41, 5.74) is 3.34. The average Bonchev–Trinajstić information content (AvgIpc) is 2.64. The Bertz CT molecular complexity index is 888. The van der Waals surface area contributed by atoms with Gasteiger partial charge in [-0.2, -0.15) is 0 Å². The van der Waals surface area contributed by atoms with Gasteiger partial charge in [-0.3, -0.25) is 4.90 Å². The van der Waals surface area contributed by atoms with E-state index < -0.39 is 10.0 Å². The van der Waals surface area contributed by atoms with E-state index >= 15 is 0 Å². The Morgan fingerprint density at radius 1 is 1.04 bits per heavy atom. The Balaban J connectivity index is 1.50. The standard InChI is InChI=1S/C19H24N4O2S2/c1-15-2-4-16(5-3-15)14-22-10-12-23(13-11-22)19(26)21-17-6-8-18(9-7-17)27(20,24)25/h2-9H,10-14H2,1H3,(H,21,26)(H2,20,24,25). The maximum Gasteiger partial charge on any atom is 0.238 e. The fraction of sp³-hybridized carbons (Fsp3) is 0.316. The van der Waals surface area contributed by atoms with E-state index in [9.17, 15) is 8.42 Å². The van der Waals surface area contributed by atoms with Crippen LogP contribution in [0.15, 0.2) is 53.4 Å². The maximum atomic E-state index is 11.3. The van der Waals surface area contributed by atoms with E-state index in [1.54, 1.807) is 12.1 Å². The van der Waals surface area contributed by atoms with Crippen molar-refractivity contribution in [1.29, 1.82) is 0 Å². The van der Waals surface area contributed by atoms with Crippen LogP contribution in [0, 0.1) is 6.92 Å². The largest absolute Gasteiger partial charge is 0.346 e. The highest BCUT2D eigenvalue weighted by molar-refractivity contribution is 7.89. The predicted molar refractivity (Wildman–Crippen MR) is 112 cm³/mol. The first kappa shape index (κ1) is 19.8. The Morgan fingerprint density at radius 2 is 1.63 bits per heavy atom. The van der Waals surface area contributed by atoms with Crippen molar-refractivity contribution in [3.8, 4) is 0 Å². The fourth-order valence-corrected chi connectivity index (χ4v) is 3.81. The molecule has 0 aromatic heterocycles. The summed E-state index contributed by atoms with van der Waals surface area (Å²) in [6, 6.07) is 14.9. The van der Waals surface area contributed by atoms with E-state index in [0.29, 0.717) is 5.11 Å². The van der Waals surface area contributed by atoms with Gasteiger partial charge in [0.05, 0.1) is 4.90 Å². The van der Waals surface area contributed by atoms with Crippen LogP contribution in [-0.2, 0) is 16.6 Å². The van der Waals surface area contributed by atoms with Crippen molar-refractivity contribution in [2.45, 2.75) is 18.4 Å². The van der Waals surface area contributed by atoms with Crippen LogP contribution in [0.4, 0.5) is 5.69 Å². The summed E-state index contributed by atoms with van der Waals surface area (Å²) in [6.07, 6.45) is 0. The molecule has 0 bridgehead atoms. The molecular formula is C19H24N4O2S2. The normalized spacial score (nSPS) is 15.6. The Hall–Kier alpha value is -2.00. The van der Waals surface area contributed by atoms with Crippen LogP contribution < -0.4 is 10.5 Å². The summed E-state index contributed by atoms with van der Waals surface area (Å²) in [4.78, 5) is 4.64. The quantitative estimate of drug-likeness (QED) is 0.761. The monoisotopic (exact) mass is 404 g/mol. The van der Waals surface area contributed by atoms with E-state index in [4.69, 9.17) is 17.4 Å². The molecule has 1 heterocycles.